The number of nitrogens with two attached hydrogens (primary N) is 1. The van der Waals surface area contributed by atoms with Crippen LogP contribution < -0.4 is 11.1 Å². The average Bonchev–Trinajstić information content (AvgIpc) is 2.28. The molecule has 0 saturated carbocycles. The van der Waals surface area contributed by atoms with Gasteiger partial charge in [-0.05, 0) is 19.4 Å². The third-order valence-corrected chi connectivity index (χ3v) is 2.74. The van der Waals surface area contributed by atoms with E-state index in [-0.39, 0.29) is 0 Å². The van der Waals surface area contributed by atoms with Gasteiger partial charge in [-0.25, -0.2) is 0 Å². The summed E-state index contributed by atoms with van der Waals surface area (Å²) in [7, 11) is 0. The highest BCUT2D eigenvalue weighted by Gasteiger charge is 2.03. The van der Waals surface area contributed by atoms with Crippen LogP contribution in [0.1, 0.15) is 46.0 Å². The summed E-state index contributed by atoms with van der Waals surface area (Å²) in [5, 5.41) is 3.42. The molecule has 1 aromatic heterocycles. The van der Waals surface area contributed by atoms with Crippen molar-refractivity contribution in [3.8, 4) is 0 Å². The fourth-order valence-corrected chi connectivity index (χ4v) is 1.75. The van der Waals surface area contributed by atoms with Gasteiger partial charge >= 0.3 is 0 Å². The summed E-state index contributed by atoms with van der Waals surface area (Å²) in [5.74, 6) is 0. The van der Waals surface area contributed by atoms with E-state index < -0.39 is 0 Å². The highest BCUT2D eigenvalue weighted by molar-refractivity contribution is 5.64. The molecule has 0 fully saturated rings. The fourth-order valence-electron chi connectivity index (χ4n) is 1.75. The zero-order valence-electron chi connectivity index (χ0n) is 10.4. The summed E-state index contributed by atoms with van der Waals surface area (Å²) >= 11 is 0. The van der Waals surface area contributed by atoms with Crippen LogP contribution in [0.15, 0.2) is 18.5 Å². The molecular weight excluding hydrogens is 198 g/mol. The zero-order chi connectivity index (χ0) is 11.8. The van der Waals surface area contributed by atoms with Crippen molar-refractivity contribution in [2.75, 3.05) is 11.1 Å². The number of unbranched alkanes of at least 4 members (excludes halogenated alkanes) is 3. The molecule has 3 nitrogen and oxygen atoms in total. The number of nitrogens with one attached hydrogen (secondary N) is 1. The largest absolute Gasteiger partial charge is 0.396 e. The van der Waals surface area contributed by atoms with Crippen molar-refractivity contribution >= 4 is 11.4 Å². The van der Waals surface area contributed by atoms with Gasteiger partial charge in [-0.15, -0.1) is 0 Å². The lowest BCUT2D eigenvalue weighted by molar-refractivity contribution is 0.594. The van der Waals surface area contributed by atoms with E-state index in [4.69, 9.17) is 5.73 Å². The Morgan fingerprint density at radius 1 is 1.38 bits per heavy atom. The third-order valence-electron chi connectivity index (χ3n) is 2.74. The minimum Gasteiger partial charge on any atom is -0.396 e. The molecule has 0 aliphatic rings. The van der Waals surface area contributed by atoms with Crippen LogP contribution in [0.25, 0.3) is 0 Å². The summed E-state index contributed by atoms with van der Waals surface area (Å²) in [6.45, 7) is 4.44. The first-order valence-corrected chi connectivity index (χ1v) is 6.20. The highest BCUT2D eigenvalue weighted by Crippen LogP contribution is 2.18. The highest BCUT2D eigenvalue weighted by atomic mass is 14.9. The minimum absolute atomic E-state index is 0.474. The van der Waals surface area contributed by atoms with Crippen LogP contribution in [0.4, 0.5) is 11.4 Å². The molecule has 1 unspecified atom stereocenters. The quantitative estimate of drug-likeness (QED) is 0.693. The monoisotopic (exact) mass is 221 g/mol. The molecule has 3 heteroatoms. The molecular formula is C13H23N3. The average molecular weight is 221 g/mol. The van der Waals surface area contributed by atoms with E-state index >= 15 is 0 Å². The lowest BCUT2D eigenvalue weighted by Crippen LogP contribution is -2.16. The topological polar surface area (TPSA) is 50.9 Å². The Balaban J connectivity index is 2.28. The molecule has 90 valence electrons. The van der Waals surface area contributed by atoms with E-state index in [0.717, 1.165) is 11.4 Å². The van der Waals surface area contributed by atoms with Gasteiger partial charge in [0.15, 0.2) is 0 Å². The molecule has 1 atom stereocenters. The van der Waals surface area contributed by atoms with Crippen LogP contribution in [0.5, 0.6) is 0 Å². The van der Waals surface area contributed by atoms with Crippen LogP contribution in [0, 0.1) is 0 Å². The van der Waals surface area contributed by atoms with Crippen molar-refractivity contribution in [2.24, 2.45) is 0 Å². The Labute approximate surface area is 98.5 Å². The molecule has 1 heterocycles. The van der Waals surface area contributed by atoms with Crippen LogP contribution in [-0.2, 0) is 0 Å². The first kappa shape index (κ1) is 12.8. The van der Waals surface area contributed by atoms with Gasteiger partial charge in [0.25, 0.3) is 0 Å². The molecule has 0 amide bonds. The number of rotatable bonds is 7. The summed E-state index contributed by atoms with van der Waals surface area (Å²) in [5.41, 5.74) is 7.54. The molecule has 0 aromatic carbocycles. The maximum atomic E-state index is 5.82. The smallest absolute Gasteiger partial charge is 0.0736 e. The van der Waals surface area contributed by atoms with Crippen molar-refractivity contribution in [1.82, 2.24) is 4.98 Å². The molecule has 1 aromatic rings. The van der Waals surface area contributed by atoms with Crippen LogP contribution in [0.2, 0.25) is 0 Å². The van der Waals surface area contributed by atoms with Gasteiger partial charge in [0, 0.05) is 12.2 Å². The van der Waals surface area contributed by atoms with Crippen LogP contribution in [0.3, 0.4) is 0 Å². The molecule has 0 saturated heterocycles. The minimum atomic E-state index is 0.474. The SMILES string of the molecule is CCCCCCC(C)Nc1ccncc1N. The second-order valence-electron chi connectivity index (χ2n) is 4.36. The molecule has 0 spiro atoms. The van der Waals surface area contributed by atoms with E-state index in [9.17, 15) is 0 Å². The zero-order valence-corrected chi connectivity index (χ0v) is 10.4. The van der Waals surface area contributed by atoms with E-state index in [1.807, 2.05) is 6.07 Å². The Morgan fingerprint density at radius 2 is 2.19 bits per heavy atom. The van der Waals surface area contributed by atoms with Crippen molar-refractivity contribution < 1.29 is 0 Å². The maximum absolute atomic E-state index is 5.82. The Hall–Kier alpha value is -1.25. The molecule has 0 aliphatic carbocycles. The summed E-state index contributed by atoms with van der Waals surface area (Å²) in [6.07, 6.45) is 9.89. The molecule has 0 radical (unpaired) electrons. The predicted octanol–water partition coefficient (Wildman–Crippen LogP) is 3.43. The van der Waals surface area contributed by atoms with Gasteiger partial charge in [-0.3, -0.25) is 4.98 Å². The standard InChI is InChI=1S/C13H23N3/c1-3-4-5-6-7-11(2)16-13-8-9-15-10-12(13)14/h8-11H,3-7,14H2,1-2H3,(H,15,16). The number of hydrogen-bond donors (Lipinski definition) is 2. The number of pyridine rings is 1. The van der Waals surface area contributed by atoms with Crippen molar-refractivity contribution in [2.45, 2.75) is 52.0 Å². The lowest BCUT2D eigenvalue weighted by Gasteiger charge is -2.16. The Morgan fingerprint density at radius 3 is 2.88 bits per heavy atom. The lowest BCUT2D eigenvalue weighted by atomic mass is 10.1. The summed E-state index contributed by atoms with van der Waals surface area (Å²) in [4.78, 5) is 3.97. The van der Waals surface area contributed by atoms with Crippen LogP contribution in [-0.4, -0.2) is 11.0 Å². The van der Waals surface area contributed by atoms with Crippen molar-refractivity contribution in [3.63, 3.8) is 0 Å². The van der Waals surface area contributed by atoms with E-state index in [1.165, 1.54) is 32.1 Å². The predicted molar refractivity (Wildman–Crippen MR) is 70.5 cm³/mol. The van der Waals surface area contributed by atoms with Gasteiger partial charge < -0.3 is 11.1 Å². The second-order valence-corrected chi connectivity index (χ2v) is 4.36. The normalized spacial score (nSPS) is 12.4. The number of aromatic nitrogens is 1. The van der Waals surface area contributed by atoms with Gasteiger partial charge in [0.2, 0.25) is 0 Å². The number of anilines is 2. The number of nitrogen functional groups attached to an aromatic ring is 1. The molecule has 0 aliphatic heterocycles. The molecule has 0 bridgehead atoms. The first-order chi connectivity index (χ1) is 7.74. The Bertz CT molecular complexity index is 299. The van der Waals surface area contributed by atoms with Gasteiger partial charge in [0.05, 0.1) is 17.6 Å². The Kier molecular flexibility index (Phi) is 5.68. The molecule has 1 rings (SSSR count). The van der Waals surface area contributed by atoms with E-state index in [2.05, 4.69) is 24.1 Å². The molecule has 16 heavy (non-hydrogen) atoms. The van der Waals surface area contributed by atoms with Gasteiger partial charge in [0.1, 0.15) is 0 Å². The fraction of sp³-hybridized carbons (Fsp3) is 0.615. The van der Waals surface area contributed by atoms with Crippen molar-refractivity contribution in [1.29, 1.82) is 0 Å². The van der Waals surface area contributed by atoms with Crippen molar-refractivity contribution in [3.05, 3.63) is 18.5 Å². The van der Waals surface area contributed by atoms with E-state index in [0.29, 0.717) is 6.04 Å². The third kappa shape index (κ3) is 4.51. The van der Waals surface area contributed by atoms with Gasteiger partial charge in [-0.1, -0.05) is 32.6 Å². The maximum Gasteiger partial charge on any atom is 0.0736 e. The van der Waals surface area contributed by atoms with E-state index in [1.54, 1.807) is 12.4 Å². The first-order valence-electron chi connectivity index (χ1n) is 6.20. The number of nitrogens with zero attached hydrogens (tertiary/aromatic N) is 1. The van der Waals surface area contributed by atoms with Gasteiger partial charge in [-0.2, -0.15) is 0 Å². The summed E-state index contributed by atoms with van der Waals surface area (Å²) in [6, 6.07) is 2.40. The number of hydrogen-bond acceptors (Lipinski definition) is 3. The molecule has 3 N–H and O–H groups in total. The van der Waals surface area contributed by atoms with Crippen LogP contribution >= 0.6 is 0 Å². The second kappa shape index (κ2) is 7.09. The summed E-state index contributed by atoms with van der Waals surface area (Å²) < 4.78 is 0.